The van der Waals surface area contributed by atoms with Crippen molar-refractivity contribution in [3.63, 3.8) is 0 Å². The van der Waals surface area contributed by atoms with Gasteiger partial charge in [-0.2, -0.15) is 4.98 Å². The van der Waals surface area contributed by atoms with Gasteiger partial charge in [0.25, 0.3) is 0 Å². The van der Waals surface area contributed by atoms with Crippen molar-refractivity contribution in [2.75, 3.05) is 25.5 Å². The lowest BCUT2D eigenvalue weighted by Gasteiger charge is -2.17. The van der Waals surface area contributed by atoms with Crippen LogP contribution in [0.15, 0.2) is 34.9 Å². The quantitative estimate of drug-likeness (QED) is 0.863. The van der Waals surface area contributed by atoms with Crippen LogP contribution < -0.4 is 10.1 Å². The van der Waals surface area contributed by atoms with Gasteiger partial charge in [-0.1, -0.05) is 22.0 Å². The second kappa shape index (κ2) is 7.23. The van der Waals surface area contributed by atoms with E-state index in [0.29, 0.717) is 23.9 Å². The monoisotopic (exact) mass is 380 g/mol. The first-order valence-electron chi connectivity index (χ1n) is 7.44. The van der Waals surface area contributed by atoms with Crippen LogP contribution in [0.2, 0.25) is 0 Å². The van der Waals surface area contributed by atoms with E-state index in [9.17, 15) is 4.39 Å². The summed E-state index contributed by atoms with van der Waals surface area (Å²) >= 11 is 3.28. The Morgan fingerprint density at radius 3 is 3.09 bits per heavy atom. The van der Waals surface area contributed by atoms with Crippen LogP contribution in [0.25, 0.3) is 0 Å². The Bertz CT molecular complexity index is 685. The van der Waals surface area contributed by atoms with Crippen LogP contribution >= 0.6 is 15.9 Å². The van der Waals surface area contributed by atoms with Crippen LogP contribution in [0, 0.1) is 5.82 Å². The predicted molar refractivity (Wildman–Crippen MR) is 90.0 cm³/mol. The third-order valence-electron chi connectivity index (χ3n) is 3.85. The maximum atomic E-state index is 13.9. The third-order valence-corrected chi connectivity index (χ3v) is 4.35. The van der Waals surface area contributed by atoms with Crippen molar-refractivity contribution in [2.45, 2.75) is 19.0 Å². The zero-order valence-electron chi connectivity index (χ0n) is 12.8. The smallest absolute Gasteiger partial charge is 0.226 e. The highest BCUT2D eigenvalue weighted by molar-refractivity contribution is 9.10. The standard InChI is InChI=1S/C16H18BrFN4O/c1-23-15-4-6-19-16(21-15)20-13-5-7-22(10-13)9-11-2-3-12(17)8-14(11)18/h2-4,6,8,13H,5,7,9-10H2,1H3,(H,19,20,21). The number of ether oxygens (including phenoxy) is 1. The second-order valence-corrected chi connectivity index (χ2v) is 6.44. The summed E-state index contributed by atoms with van der Waals surface area (Å²) < 4.78 is 19.8. The lowest BCUT2D eigenvalue weighted by Crippen LogP contribution is -2.27. The molecule has 1 N–H and O–H groups in total. The Labute approximate surface area is 143 Å². The molecule has 1 atom stereocenters. The zero-order chi connectivity index (χ0) is 16.2. The first kappa shape index (κ1) is 16.1. The molecule has 1 unspecified atom stereocenters. The SMILES string of the molecule is COc1ccnc(NC2CCN(Cc3ccc(Br)cc3F)C2)n1. The Morgan fingerprint density at radius 2 is 2.30 bits per heavy atom. The number of nitrogens with one attached hydrogen (secondary N) is 1. The molecule has 0 amide bonds. The first-order valence-corrected chi connectivity index (χ1v) is 8.23. The Morgan fingerprint density at radius 1 is 1.43 bits per heavy atom. The summed E-state index contributed by atoms with van der Waals surface area (Å²) in [6.07, 6.45) is 2.64. The number of likely N-dealkylation sites (tertiary alicyclic amines) is 1. The highest BCUT2D eigenvalue weighted by atomic mass is 79.9. The van der Waals surface area contributed by atoms with Gasteiger partial charge in [0.15, 0.2) is 0 Å². The van der Waals surface area contributed by atoms with Crippen LogP contribution in [0.3, 0.4) is 0 Å². The number of aromatic nitrogens is 2. The van der Waals surface area contributed by atoms with Crippen molar-refractivity contribution in [2.24, 2.45) is 0 Å². The molecule has 1 fully saturated rings. The van der Waals surface area contributed by atoms with E-state index < -0.39 is 0 Å². The van der Waals surface area contributed by atoms with Crippen molar-refractivity contribution in [3.8, 4) is 5.88 Å². The van der Waals surface area contributed by atoms with Gasteiger partial charge in [-0.15, -0.1) is 0 Å². The average Bonchev–Trinajstić information content (AvgIpc) is 2.97. The maximum absolute atomic E-state index is 13.9. The molecule has 0 bridgehead atoms. The molecule has 1 saturated heterocycles. The van der Waals surface area contributed by atoms with E-state index in [4.69, 9.17) is 4.74 Å². The minimum atomic E-state index is -0.174. The summed E-state index contributed by atoms with van der Waals surface area (Å²) in [4.78, 5) is 10.7. The molecule has 23 heavy (non-hydrogen) atoms. The highest BCUT2D eigenvalue weighted by Gasteiger charge is 2.23. The fraction of sp³-hybridized carbons (Fsp3) is 0.375. The molecule has 1 aliphatic heterocycles. The Hall–Kier alpha value is -1.73. The summed E-state index contributed by atoms with van der Waals surface area (Å²) in [6, 6.07) is 7.16. The van der Waals surface area contributed by atoms with Crippen molar-refractivity contribution >= 4 is 21.9 Å². The number of rotatable bonds is 5. The minimum absolute atomic E-state index is 0.174. The van der Waals surface area contributed by atoms with Gasteiger partial charge in [0.2, 0.25) is 11.8 Å². The van der Waals surface area contributed by atoms with E-state index in [-0.39, 0.29) is 11.9 Å². The van der Waals surface area contributed by atoms with Crippen LogP contribution in [-0.4, -0.2) is 41.1 Å². The normalized spacial score (nSPS) is 18.1. The molecule has 7 heteroatoms. The van der Waals surface area contributed by atoms with E-state index in [1.165, 1.54) is 6.07 Å². The highest BCUT2D eigenvalue weighted by Crippen LogP contribution is 2.20. The third kappa shape index (κ3) is 4.17. The predicted octanol–water partition coefficient (Wildman–Crippen LogP) is 3.07. The fourth-order valence-corrected chi connectivity index (χ4v) is 3.03. The summed E-state index contributed by atoms with van der Waals surface area (Å²) in [7, 11) is 1.58. The summed E-state index contributed by atoms with van der Waals surface area (Å²) in [6.45, 7) is 2.35. The molecule has 2 aromatic rings. The lowest BCUT2D eigenvalue weighted by atomic mass is 10.2. The van der Waals surface area contributed by atoms with Gasteiger partial charge in [0, 0.05) is 48.0 Å². The number of halogens is 2. The lowest BCUT2D eigenvalue weighted by molar-refractivity contribution is 0.322. The number of anilines is 1. The fourth-order valence-electron chi connectivity index (χ4n) is 2.69. The van der Waals surface area contributed by atoms with Crippen molar-refractivity contribution in [1.82, 2.24) is 14.9 Å². The number of nitrogens with zero attached hydrogens (tertiary/aromatic N) is 3. The van der Waals surface area contributed by atoms with Crippen molar-refractivity contribution in [1.29, 1.82) is 0 Å². The topological polar surface area (TPSA) is 50.3 Å². The molecular weight excluding hydrogens is 363 g/mol. The van der Waals surface area contributed by atoms with Gasteiger partial charge < -0.3 is 10.1 Å². The Balaban J connectivity index is 1.57. The van der Waals surface area contributed by atoms with Crippen molar-refractivity contribution < 1.29 is 9.13 Å². The molecule has 1 aliphatic rings. The number of hydrogen-bond donors (Lipinski definition) is 1. The second-order valence-electron chi connectivity index (χ2n) is 5.52. The van der Waals surface area contributed by atoms with Crippen LogP contribution in [-0.2, 0) is 6.54 Å². The summed E-state index contributed by atoms with van der Waals surface area (Å²) in [5.41, 5.74) is 0.714. The van der Waals surface area contributed by atoms with E-state index in [2.05, 4.69) is 36.1 Å². The van der Waals surface area contributed by atoms with E-state index in [1.807, 2.05) is 12.1 Å². The van der Waals surface area contributed by atoms with Gasteiger partial charge in [-0.3, -0.25) is 4.90 Å². The molecule has 1 aromatic heterocycles. The molecule has 0 radical (unpaired) electrons. The largest absolute Gasteiger partial charge is 0.481 e. The Kier molecular flexibility index (Phi) is 5.07. The minimum Gasteiger partial charge on any atom is -0.481 e. The molecule has 2 heterocycles. The number of methoxy groups -OCH3 is 1. The average molecular weight is 381 g/mol. The van der Waals surface area contributed by atoms with Gasteiger partial charge in [-0.05, 0) is 18.6 Å². The van der Waals surface area contributed by atoms with Gasteiger partial charge in [0.1, 0.15) is 5.82 Å². The zero-order valence-corrected chi connectivity index (χ0v) is 14.4. The van der Waals surface area contributed by atoms with E-state index >= 15 is 0 Å². The van der Waals surface area contributed by atoms with Crippen LogP contribution in [0.4, 0.5) is 10.3 Å². The molecule has 122 valence electrons. The number of hydrogen-bond acceptors (Lipinski definition) is 5. The molecule has 0 saturated carbocycles. The first-order chi connectivity index (χ1) is 11.1. The molecule has 0 spiro atoms. The van der Waals surface area contributed by atoms with Gasteiger partial charge >= 0.3 is 0 Å². The van der Waals surface area contributed by atoms with Crippen LogP contribution in [0.1, 0.15) is 12.0 Å². The number of benzene rings is 1. The van der Waals surface area contributed by atoms with Gasteiger partial charge in [0.05, 0.1) is 7.11 Å². The molecule has 0 aliphatic carbocycles. The maximum Gasteiger partial charge on any atom is 0.226 e. The van der Waals surface area contributed by atoms with Crippen molar-refractivity contribution in [3.05, 3.63) is 46.3 Å². The summed E-state index contributed by atoms with van der Waals surface area (Å²) in [5, 5.41) is 3.31. The molecule has 1 aromatic carbocycles. The molecular formula is C16H18BrFN4O. The summed E-state index contributed by atoms with van der Waals surface area (Å²) in [5.74, 6) is 0.923. The van der Waals surface area contributed by atoms with Gasteiger partial charge in [-0.25, -0.2) is 9.37 Å². The van der Waals surface area contributed by atoms with Crippen LogP contribution in [0.5, 0.6) is 5.88 Å². The molecule has 5 nitrogen and oxygen atoms in total. The van der Waals surface area contributed by atoms with E-state index in [0.717, 1.165) is 24.0 Å². The molecule has 3 rings (SSSR count). The van der Waals surface area contributed by atoms with E-state index in [1.54, 1.807) is 19.4 Å².